The average Bonchev–Trinajstić information content (AvgIpc) is 2.48. The summed E-state index contributed by atoms with van der Waals surface area (Å²) in [6.07, 6.45) is 1.86. The summed E-state index contributed by atoms with van der Waals surface area (Å²) in [6.45, 7) is 3.48. The molecule has 0 radical (unpaired) electrons. The highest BCUT2D eigenvalue weighted by atomic mass is 32.2. The molecule has 2 aliphatic rings. The molecule has 5 heteroatoms. The number of morpholine rings is 1. The van der Waals surface area contributed by atoms with Gasteiger partial charge in [-0.05, 0) is 24.1 Å². The predicted molar refractivity (Wildman–Crippen MR) is 60.0 cm³/mol. The van der Waals surface area contributed by atoms with Crippen molar-refractivity contribution >= 4 is 17.8 Å². The predicted octanol–water partition coefficient (Wildman–Crippen LogP) is 0.897. The van der Waals surface area contributed by atoms with Gasteiger partial charge in [-0.25, -0.2) is 4.98 Å². The highest BCUT2D eigenvalue weighted by Crippen LogP contribution is 2.30. The molecule has 0 unspecified atom stereocenters. The van der Waals surface area contributed by atoms with E-state index in [0.717, 1.165) is 32.1 Å². The molecule has 1 aromatic rings. The first-order valence-corrected chi connectivity index (χ1v) is 5.96. The van der Waals surface area contributed by atoms with Crippen molar-refractivity contribution in [3.63, 3.8) is 0 Å². The maximum absolute atomic E-state index is 5.49. The summed E-state index contributed by atoms with van der Waals surface area (Å²) < 4.78 is 8.85. The third-order valence-electron chi connectivity index (χ3n) is 2.75. The van der Waals surface area contributed by atoms with Crippen LogP contribution >= 0.6 is 11.9 Å². The van der Waals surface area contributed by atoms with Crippen LogP contribution in [-0.2, 0) is 4.74 Å². The van der Waals surface area contributed by atoms with Gasteiger partial charge in [0, 0.05) is 19.3 Å². The van der Waals surface area contributed by atoms with Crippen LogP contribution in [0.2, 0.25) is 0 Å². The number of nitrogens with zero attached hydrogens (tertiary/aromatic N) is 2. The molecule has 0 saturated carbocycles. The number of hydrogen-bond acceptors (Lipinski definition) is 5. The van der Waals surface area contributed by atoms with Gasteiger partial charge in [0.15, 0.2) is 0 Å². The molecule has 2 aliphatic heterocycles. The summed E-state index contributed by atoms with van der Waals surface area (Å²) in [4.78, 5) is 8.04. The number of nitrogens with one attached hydrogen (secondary N) is 1. The third-order valence-corrected chi connectivity index (χ3v) is 3.60. The van der Waals surface area contributed by atoms with Gasteiger partial charge in [-0.3, -0.25) is 4.72 Å². The molecule has 1 saturated heterocycles. The van der Waals surface area contributed by atoms with Crippen molar-refractivity contribution in [2.24, 2.45) is 0 Å². The van der Waals surface area contributed by atoms with Crippen LogP contribution in [0.1, 0.15) is 0 Å². The SMILES string of the molecule is c1cnc2c(c1)SNC[C@@H]1COCCN21. The van der Waals surface area contributed by atoms with E-state index in [2.05, 4.69) is 20.7 Å². The number of ether oxygens (including phenoxy) is 1. The Labute approximate surface area is 93.1 Å². The topological polar surface area (TPSA) is 37.4 Å². The first-order valence-electron chi connectivity index (χ1n) is 5.14. The van der Waals surface area contributed by atoms with Crippen LogP contribution in [0.4, 0.5) is 5.82 Å². The fourth-order valence-electron chi connectivity index (χ4n) is 2.00. The second-order valence-corrected chi connectivity index (χ2v) is 4.63. The maximum Gasteiger partial charge on any atom is 0.144 e. The molecule has 0 aromatic carbocycles. The molecule has 3 rings (SSSR count). The minimum absolute atomic E-state index is 0.419. The first-order chi connectivity index (χ1) is 7.45. The Bertz CT molecular complexity index is 360. The van der Waals surface area contributed by atoms with Crippen LogP contribution in [-0.4, -0.2) is 37.3 Å². The fourth-order valence-corrected chi connectivity index (χ4v) is 2.84. The van der Waals surface area contributed by atoms with E-state index in [0.29, 0.717) is 6.04 Å². The zero-order chi connectivity index (χ0) is 10.1. The van der Waals surface area contributed by atoms with Gasteiger partial charge in [0.2, 0.25) is 0 Å². The maximum atomic E-state index is 5.49. The smallest absolute Gasteiger partial charge is 0.144 e. The molecule has 0 spiro atoms. The van der Waals surface area contributed by atoms with Gasteiger partial charge in [0.1, 0.15) is 5.82 Å². The lowest BCUT2D eigenvalue weighted by atomic mass is 10.2. The average molecular weight is 223 g/mol. The zero-order valence-electron chi connectivity index (χ0n) is 8.35. The summed E-state index contributed by atoms with van der Waals surface area (Å²) in [5.41, 5.74) is 0. The van der Waals surface area contributed by atoms with E-state index in [1.54, 1.807) is 11.9 Å². The summed E-state index contributed by atoms with van der Waals surface area (Å²) in [5, 5.41) is 0. The second kappa shape index (κ2) is 4.00. The Balaban J connectivity index is 1.99. The monoisotopic (exact) mass is 223 g/mol. The number of anilines is 1. The largest absolute Gasteiger partial charge is 0.377 e. The van der Waals surface area contributed by atoms with Crippen LogP contribution in [0.15, 0.2) is 23.2 Å². The number of aromatic nitrogens is 1. The standard InChI is InChI=1S/C10H13N3OS/c1-2-9-10(11-3-1)13-4-5-14-7-8(13)6-12-15-9/h1-3,8,12H,4-7H2/t8-/m1/s1. The van der Waals surface area contributed by atoms with Crippen LogP contribution in [0.3, 0.4) is 0 Å². The number of fused-ring (bicyclic) bond motifs is 3. The normalized spacial score (nSPS) is 25.3. The van der Waals surface area contributed by atoms with Gasteiger partial charge < -0.3 is 9.64 Å². The van der Waals surface area contributed by atoms with Crippen molar-refractivity contribution in [2.75, 3.05) is 31.2 Å². The van der Waals surface area contributed by atoms with Gasteiger partial charge in [0.05, 0.1) is 24.2 Å². The minimum Gasteiger partial charge on any atom is -0.377 e. The lowest BCUT2D eigenvalue weighted by Crippen LogP contribution is -2.49. The molecular weight excluding hydrogens is 210 g/mol. The Morgan fingerprint density at radius 2 is 2.60 bits per heavy atom. The zero-order valence-corrected chi connectivity index (χ0v) is 9.17. The van der Waals surface area contributed by atoms with Crippen molar-refractivity contribution in [2.45, 2.75) is 10.9 Å². The van der Waals surface area contributed by atoms with Gasteiger partial charge in [-0.2, -0.15) is 0 Å². The molecule has 15 heavy (non-hydrogen) atoms. The van der Waals surface area contributed by atoms with E-state index in [-0.39, 0.29) is 0 Å². The van der Waals surface area contributed by atoms with Crippen LogP contribution < -0.4 is 9.62 Å². The van der Waals surface area contributed by atoms with E-state index in [1.807, 2.05) is 12.3 Å². The Kier molecular flexibility index (Phi) is 2.52. The summed E-state index contributed by atoms with van der Waals surface area (Å²) in [5.74, 6) is 1.10. The van der Waals surface area contributed by atoms with Crippen LogP contribution in [0.25, 0.3) is 0 Å². The molecule has 0 amide bonds. The molecule has 0 aliphatic carbocycles. The van der Waals surface area contributed by atoms with Crippen molar-refractivity contribution in [3.05, 3.63) is 18.3 Å². The molecule has 1 atom stereocenters. The first kappa shape index (κ1) is 9.45. The molecule has 1 aromatic heterocycles. The van der Waals surface area contributed by atoms with Crippen molar-refractivity contribution in [3.8, 4) is 0 Å². The highest BCUT2D eigenvalue weighted by Gasteiger charge is 2.28. The summed E-state index contributed by atoms with van der Waals surface area (Å²) >= 11 is 1.67. The van der Waals surface area contributed by atoms with Gasteiger partial charge in [-0.1, -0.05) is 0 Å². The van der Waals surface area contributed by atoms with E-state index < -0.39 is 0 Å². The molecular formula is C10H13N3OS. The lowest BCUT2D eigenvalue weighted by Gasteiger charge is -2.35. The van der Waals surface area contributed by atoms with Crippen molar-refractivity contribution in [1.29, 1.82) is 0 Å². The summed E-state index contributed by atoms with van der Waals surface area (Å²) in [6, 6.07) is 4.51. The number of rotatable bonds is 0. The molecule has 80 valence electrons. The minimum atomic E-state index is 0.419. The Morgan fingerprint density at radius 3 is 3.60 bits per heavy atom. The number of hydrogen-bond donors (Lipinski definition) is 1. The summed E-state index contributed by atoms with van der Waals surface area (Å²) in [7, 11) is 0. The third kappa shape index (κ3) is 1.71. The highest BCUT2D eigenvalue weighted by molar-refractivity contribution is 7.97. The van der Waals surface area contributed by atoms with E-state index in [9.17, 15) is 0 Å². The van der Waals surface area contributed by atoms with E-state index >= 15 is 0 Å². The number of pyridine rings is 1. The van der Waals surface area contributed by atoms with Crippen LogP contribution in [0, 0.1) is 0 Å². The van der Waals surface area contributed by atoms with Gasteiger partial charge in [-0.15, -0.1) is 0 Å². The lowest BCUT2D eigenvalue weighted by molar-refractivity contribution is 0.0951. The van der Waals surface area contributed by atoms with Gasteiger partial charge >= 0.3 is 0 Å². The molecule has 4 nitrogen and oxygen atoms in total. The van der Waals surface area contributed by atoms with Gasteiger partial charge in [0.25, 0.3) is 0 Å². The molecule has 1 N–H and O–H groups in total. The Morgan fingerprint density at radius 1 is 1.60 bits per heavy atom. The molecule has 0 bridgehead atoms. The van der Waals surface area contributed by atoms with Crippen molar-refractivity contribution < 1.29 is 4.74 Å². The van der Waals surface area contributed by atoms with E-state index in [4.69, 9.17) is 4.74 Å². The molecule has 3 heterocycles. The second-order valence-electron chi connectivity index (χ2n) is 3.70. The van der Waals surface area contributed by atoms with Crippen molar-refractivity contribution in [1.82, 2.24) is 9.71 Å². The van der Waals surface area contributed by atoms with E-state index in [1.165, 1.54) is 4.90 Å². The Hall–Kier alpha value is -0.780. The van der Waals surface area contributed by atoms with Crippen LogP contribution in [0.5, 0.6) is 0 Å². The quantitative estimate of drug-likeness (QED) is 0.661. The molecule has 1 fully saturated rings. The fraction of sp³-hybridized carbons (Fsp3) is 0.500.